The lowest BCUT2D eigenvalue weighted by Gasteiger charge is -2.11. The SMILES string of the molecule is Cc1cc(N2C(=O)CC(SC(=Nc3ccccc3Cl)NC#N)C2=O)no1. The van der Waals surface area contributed by atoms with Gasteiger partial charge in [-0.3, -0.25) is 14.9 Å². The average Bonchev–Trinajstić information content (AvgIpc) is 3.13. The fourth-order valence-corrected chi connectivity index (χ4v) is 3.45. The third kappa shape index (κ3) is 3.71. The zero-order valence-corrected chi connectivity index (χ0v) is 15.0. The second kappa shape index (κ2) is 7.59. The zero-order chi connectivity index (χ0) is 18.7. The Labute approximate surface area is 157 Å². The molecular weight excluding hydrogens is 378 g/mol. The third-order valence-corrected chi connectivity index (χ3v) is 4.83. The molecule has 1 aromatic heterocycles. The maximum absolute atomic E-state index is 12.6. The van der Waals surface area contributed by atoms with Crippen molar-refractivity contribution in [2.24, 2.45) is 4.99 Å². The minimum Gasteiger partial charge on any atom is -0.360 e. The number of hydrogen-bond donors (Lipinski definition) is 1. The predicted octanol–water partition coefficient (Wildman–Crippen LogP) is 2.76. The quantitative estimate of drug-likeness (QED) is 0.282. The number of nitrogens with zero attached hydrogens (tertiary/aromatic N) is 4. The summed E-state index contributed by atoms with van der Waals surface area (Å²) in [7, 11) is 0. The Morgan fingerprint density at radius 3 is 2.92 bits per heavy atom. The highest BCUT2D eigenvalue weighted by molar-refractivity contribution is 8.15. The number of carbonyl (C=O) groups is 2. The largest absolute Gasteiger partial charge is 0.360 e. The maximum Gasteiger partial charge on any atom is 0.249 e. The van der Waals surface area contributed by atoms with E-state index in [0.29, 0.717) is 16.5 Å². The molecule has 2 heterocycles. The molecule has 1 aliphatic rings. The number of para-hydroxylation sites is 1. The maximum atomic E-state index is 12.6. The van der Waals surface area contributed by atoms with E-state index >= 15 is 0 Å². The Morgan fingerprint density at radius 2 is 2.27 bits per heavy atom. The van der Waals surface area contributed by atoms with E-state index in [4.69, 9.17) is 21.4 Å². The van der Waals surface area contributed by atoms with E-state index in [1.807, 2.05) is 0 Å². The number of anilines is 1. The first-order valence-electron chi connectivity index (χ1n) is 7.44. The van der Waals surface area contributed by atoms with Gasteiger partial charge in [0.2, 0.25) is 11.8 Å². The van der Waals surface area contributed by atoms with Gasteiger partial charge in [-0.2, -0.15) is 5.26 Å². The van der Waals surface area contributed by atoms with Crippen LogP contribution in [0.15, 0.2) is 39.8 Å². The van der Waals surface area contributed by atoms with Gasteiger partial charge in [0.05, 0.1) is 10.7 Å². The van der Waals surface area contributed by atoms with Crippen molar-refractivity contribution < 1.29 is 14.1 Å². The Hall–Kier alpha value is -2.83. The lowest BCUT2D eigenvalue weighted by Crippen LogP contribution is -2.32. The normalized spacial score (nSPS) is 17.5. The van der Waals surface area contributed by atoms with Gasteiger partial charge < -0.3 is 4.52 Å². The molecule has 2 amide bonds. The highest BCUT2D eigenvalue weighted by atomic mass is 35.5. The smallest absolute Gasteiger partial charge is 0.249 e. The number of thioether (sulfide) groups is 1. The number of nitriles is 1. The van der Waals surface area contributed by atoms with Crippen LogP contribution in [-0.4, -0.2) is 27.4 Å². The van der Waals surface area contributed by atoms with E-state index in [1.165, 1.54) is 6.07 Å². The minimum absolute atomic E-state index is 0.0376. The van der Waals surface area contributed by atoms with Crippen LogP contribution in [0.25, 0.3) is 0 Å². The minimum atomic E-state index is -0.735. The molecule has 1 atom stereocenters. The molecule has 0 spiro atoms. The van der Waals surface area contributed by atoms with Gasteiger partial charge in [-0.1, -0.05) is 40.7 Å². The molecule has 1 fully saturated rings. The van der Waals surface area contributed by atoms with Crippen LogP contribution in [0.2, 0.25) is 5.02 Å². The molecule has 0 saturated carbocycles. The van der Waals surface area contributed by atoms with Crippen molar-refractivity contribution >= 4 is 51.9 Å². The van der Waals surface area contributed by atoms with Crippen molar-refractivity contribution in [2.75, 3.05) is 4.90 Å². The summed E-state index contributed by atoms with van der Waals surface area (Å²) in [5.41, 5.74) is 0.445. The Bertz CT molecular complexity index is 936. The topological polar surface area (TPSA) is 112 Å². The van der Waals surface area contributed by atoms with Crippen LogP contribution in [0.5, 0.6) is 0 Å². The number of imide groups is 1. The van der Waals surface area contributed by atoms with Crippen molar-refractivity contribution in [1.82, 2.24) is 10.5 Å². The van der Waals surface area contributed by atoms with Crippen molar-refractivity contribution in [3.05, 3.63) is 41.1 Å². The molecule has 1 unspecified atom stereocenters. The van der Waals surface area contributed by atoms with Crippen LogP contribution in [0.1, 0.15) is 12.2 Å². The lowest BCUT2D eigenvalue weighted by atomic mass is 10.3. The van der Waals surface area contributed by atoms with Gasteiger partial charge in [-0.05, 0) is 19.1 Å². The second-order valence-corrected chi connectivity index (χ2v) is 6.88. The number of nitrogens with one attached hydrogen (secondary N) is 1. The van der Waals surface area contributed by atoms with Crippen LogP contribution in [-0.2, 0) is 9.59 Å². The van der Waals surface area contributed by atoms with Gasteiger partial charge in [0.1, 0.15) is 11.0 Å². The first kappa shape index (κ1) is 18.0. The van der Waals surface area contributed by atoms with Gasteiger partial charge in [0, 0.05) is 12.5 Å². The summed E-state index contributed by atoms with van der Waals surface area (Å²) in [6.45, 7) is 1.67. The number of aryl methyl sites for hydroxylation is 1. The van der Waals surface area contributed by atoms with Crippen LogP contribution in [0, 0.1) is 18.4 Å². The Morgan fingerprint density at radius 1 is 1.50 bits per heavy atom. The van der Waals surface area contributed by atoms with Crippen LogP contribution in [0.3, 0.4) is 0 Å². The molecule has 3 rings (SSSR count). The molecule has 0 bridgehead atoms. The van der Waals surface area contributed by atoms with Crippen molar-refractivity contribution in [2.45, 2.75) is 18.6 Å². The first-order valence-corrected chi connectivity index (χ1v) is 8.70. The summed E-state index contributed by atoms with van der Waals surface area (Å²) in [4.78, 5) is 30.1. The number of aliphatic imine (C=N–C) groups is 1. The van der Waals surface area contributed by atoms with Crippen molar-refractivity contribution in [1.29, 1.82) is 5.26 Å². The van der Waals surface area contributed by atoms with E-state index < -0.39 is 17.1 Å². The van der Waals surface area contributed by atoms with E-state index in [9.17, 15) is 9.59 Å². The molecule has 2 aromatic rings. The molecule has 8 nitrogen and oxygen atoms in total. The molecule has 0 aliphatic carbocycles. The third-order valence-electron chi connectivity index (χ3n) is 3.44. The summed E-state index contributed by atoms with van der Waals surface area (Å²) in [5.74, 6) is -0.197. The van der Waals surface area contributed by atoms with Crippen LogP contribution >= 0.6 is 23.4 Å². The molecule has 1 aromatic carbocycles. The summed E-state index contributed by atoms with van der Waals surface area (Å²) in [6.07, 6.45) is 1.73. The first-order chi connectivity index (χ1) is 12.5. The van der Waals surface area contributed by atoms with Gasteiger partial charge in [0.25, 0.3) is 0 Å². The number of amides is 2. The summed E-state index contributed by atoms with van der Waals surface area (Å²) in [5, 5.41) is 14.9. The van der Waals surface area contributed by atoms with Gasteiger partial charge in [-0.15, -0.1) is 0 Å². The van der Waals surface area contributed by atoms with E-state index in [2.05, 4.69) is 15.5 Å². The standard InChI is InChI=1S/C16H12ClN5O3S/c1-9-6-13(21-25-9)22-14(23)7-12(15(22)24)26-16(19-8-18)20-11-5-3-2-4-10(11)17/h2-6,12H,7H2,1H3,(H,19,20). The van der Waals surface area contributed by atoms with Gasteiger partial charge in [-0.25, -0.2) is 9.89 Å². The monoisotopic (exact) mass is 389 g/mol. The number of amidine groups is 1. The Kier molecular flexibility index (Phi) is 5.25. The van der Waals surface area contributed by atoms with E-state index in [1.54, 1.807) is 37.4 Å². The molecular formula is C16H12ClN5O3S. The molecule has 1 saturated heterocycles. The van der Waals surface area contributed by atoms with Gasteiger partial charge in [0.15, 0.2) is 17.2 Å². The molecule has 1 aliphatic heterocycles. The number of carbonyl (C=O) groups excluding carboxylic acids is 2. The highest BCUT2D eigenvalue weighted by Gasteiger charge is 2.42. The fraction of sp³-hybridized carbons (Fsp3) is 0.188. The zero-order valence-electron chi connectivity index (χ0n) is 13.5. The molecule has 26 heavy (non-hydrogen) atoms. The lowest BCUT2D eigenvalue weighted by molar-refractivity contribution is -0.121. The molecule has 1 N–H and O–H groups in total. The van der Waals surface area contributed by atoms with Crippen molar-refractivity contribution in [3.63, 3.8) is 0 Å². The van der Waals surface area contributed by atoms with Gasteiger partial charge >= 0.3 is 0 Å². The predicted molar refractivity (Wildman–Crippen MR) is 97.0 cm³/mol. The second-order valence-electron chi connectivity index (χ2n) is 5.28. The number of rotatable bonds is 3. The summed E-state index contributed by atoms with van der Waals surface area (Å²) in [6, 6.07) is 8.35. The van der Waals surface area contributed by atoms with E-state index in [0.717, 1.165) is 16.7 Å². The number of benzene rings is 1. The Balaban J connectivity index is 1.82. The fourth-order valence-electron chi connectivity index (χ4n) is 2.31. The highest BCUT2D eigenvalue weighted by Crippen LogP contribution is 2.31. The number of halogens is 1. The molecule has 0 radical (unpaired) electrons. The number of aromatic nitrogens is 1. The average molecular weight is 390 g/mol. The summed E-state index contributed by atoms with van der Waals surface area (Å²) >= 11 is 7.05. The molecule has 10 heteroatoms. The van der Waals surface area contributed by atoms with Crippen LogP contribution < -0.4 is 10.2 Å². The van der Waals surface area contributed by atoms with E-state index in [-0.39, 0.29) is 17.4 Å². The molecule has 132 valence electrons. The van der Waals surface area contributed by atoms with Crippen molar-refractivity contribution in [3.8, 4) is 6.19 Å². The summed E-state index contributed by atoms with van der Waals surface area (Å²) < 4.78 is 4.92. The number of hydrogen-bond acceptors (Lipinski definition) is 7. The van der Waals surface area contributed by atoms with Crippen LogP contribution in [0.4, 0.5) is 11.5 Å².